The monoisotopic (exact) mass is 242 g/mol. The van der Waals surface area contributed by atoms with Crippen molar-refractivity contribution in [2.75, 3.05) is 46.5 Å². The molecule has 0 aromatic carbocycles. The van der Waals surface area contributed by atoms with Crippen molar-refractivity contribution in [3.63, 3.8) is 0 Å². The fraction of sp³-hybridized carbons (Fsp3) is 1.00. The van der Waals surface area contributed by atoms with Crippen molar-refractivity contribution in [2.45, 2.75) is 31.9 Å². The van der Waals surface area contributed by atoms with E-state index < -0.39 is 0 Å². The topological polar surface area (TPSA) is 33.7 Å². The molecule has 2 heterocycles. The minimum absolute atomic E-state index is 0.0566. The highest BCUT2D eigenvalue weighted by Crippen LogP contribution is 2.31. The Morgan fingerprint density at radius 3 is 3.06 bits per heavy atom. The van der Waals surface area contributed by atoms with Crippen molar-refractivity contribution in [3.05, 3.63) is 0 Å². The molecule has 0 aromatic heterocycles. The zero-order valence-corrected chi connectivity index (χ0v) is 11.4. The summed E-state index contributed by atoms with van der Waals surface area (Å²) in [6.45, 7) is 9.92. The molecule has 2 aliphatic heterocycles. The first-order valence-electron chi connectivity index (χ1n) is 6.74. The SMILES string of the molecule is CC(C)N(C)CC1COC2(CNCCOC2)C1. The lowest BCUT2D eigenvalue weighted by atomic mass is 9.94. The van der Waals surface area contributed by atoms with E-state index in [1.165, 1.54) is 0 Å². The molecule has 2 fully saturated rings. The summed E-state index contributed by atoms with van der Waals surface area (Å²) in [4.78, 5) is 2.40. The van der Waals surface area contributed by atoms with E-state index in [4.69, 9.17) is 9.47 Å². The predicted octanol–water partition coefficient (Wildman–Crippen LogP) is 0.722. The molecule has 1 spiro atoms. The van der Waals surface area contributed by atoms with E-state index in [0.717, 1.165) is 45.9 Å². The smallest absolute Gasteiger partial charge is 0.104 e. The first-order chi connectivity index (χ1) is 8.11. The molecule has 2 atom stereocenters. The van der Waals surface area contributed by atoms with Crippen LogP contribution in [0.5, 0.6) is 0 Å². The molecule has 0 aromatic rings. The lowest BCUT2D eigenvalue weighted by molar-refractivity contribution is -0.0472. The van der Waals surface area contributed by atoms with Gasteiger partial charge in [0.05, 0.1) is 19.8 Å². The summed E-state index contributed by atoms with van der Waals surface area (Å²) in [5.41, 5.74) is -0.0566. The van der Waals surface area contributed by atoms with Gasteiger partial charge in [0.25, 0.3) is 0 Å². The molecule has 0 amide bonds. The maximum Gasteiger partial charge on any atom is 0.104 e. The minimum Gasteiger partial charge on any atom is -0.377 e. The number of hydrogen-bond acceptors (Lipinski definition) is 4. The van der Waals surface area contributed by atoms with Gasteiger partial charge in [0.2, 0.25) is 0 Å². The van der Waals surface area contributed by atoms with Gasteiger partial charge < -0.3 is 19.7 Å². The second kappa shape index (κ2) is 5.65. The molecule has 1 N–H and O–H groups in total. The molecule has 17 heavy (non-hydrogen) atoms. The van der Waals surface area contributed by atoms with Crippen LogP contribution in [0.1, 0.15) is 20.3 Å². The van der Waals surface area contributed by atoms with Crippen LogP contribution in [0, 0.1) is 5.92 Å². The van der Waals surface area contributed by atoms with Crippen LogP contribution in [0.2, 0.25) is 0 Å². The van der Waals surface area contributed by atoms with Gasteiger partial charge in [-0.3, -0.25) is 0 Å². The lowest BCUT2D eigenvalue weighted by Gasteiger charge is -2.27. The molecule has 4 heteroatoms. The summed E-state index contributed by atoms with van der Waals surface area (Å²) in [6.07, 6.45) is 1.12. The van der Waals surface area contributed by atoms with Crippen LogP contribution >= 0.6 is 0 Å². The van der Waals surface area contributed by atoms with Gasteiger partial charge in [-0.05, 0) is 33.2 Å². The zero-order chi connectivity index (χ0) is 12.3. The molecule has 0 saturated carbocycles. The highest BCUT2D eigenvalue weighted by Gasteiger charge is 2.41. The Balaban J connectivity index is 1.85. The largest absolute Gasteiger partial charge is 0.377 e. The highest BCUT2D eigenvalue weighted by atomic mass is 16.5. The molecule has 100 valence electrons. The van der Waals surface area contributed by atoms with Crippen LogP contribution in [0.3, 0.4) is 0 Å². The molecule has 4 nitrogen and oxygen atoms in total. The first kappa shape index (κ1) is 13.3. The number of nitrogens with one attached hydrogen (secondary N) is 1. The van der Waals surface area contributed by atoms with Crippen molar-refractivity contribution < 1.29 is 9.47 Å². The Hall–Kier alpha value is -0.160. The van der Waals surface area contributed by atoms with Crippen LogP contribution in [0.25, 0.3) is 0 Å². The molecule has 2 saturated heterocycles. The second-order valence-electron chi connectivity index (χ2n) is 5.83. The average molecular weight is 242 g/mol. The molecule has 2 aliphatic rings. The number of hydrogen-bond donors (Lipinski definition) is 1. The van der Waals surface area contributed by atoms with Gasteiger partial charge in [-0.1, -0.05) is 0 Å². The maximum atomic E-state index is 6.04. The number of nitrogens with zero attached hydrogens (tertiary/aromatic N) is 1. The molecule has 0 radical (unpaired) electrons. The quantitative estimate of drug-likeness (QED) is 0.791. The third-order valence-corrected chi connectivity index (χ3v) is 3.95. The second-order valence-corrected chi connectivity index (χ2v) is 5.83. The van der Waals surface area contributed by atoms with Gasteiger partial charge >= 0.3 is 0 Å². The van der Waals surface area contributed by atoms with Gasteiger partial charge in [0.15, 0.2) is 0 Å². The zero-order valence-electron chi connectivity index (χ0n) is 11.4. The van der Waals surface area contributed by atoms with Crippen LogP contribution in [-0.4, -0.2) is 63.0 Å². The van der Waals surface area contributed by atoms with Gasteiger partial charge in [-0.25, -0.2) is 0 Å². The predicted molar refractivity (Wildman–Crippen MR) is 68.2 cm³/mol. The van der Waals surface area contributed by atoms with Crippen LogP contribution in [-0.2, 0) is 9.47 Å². The van der Waals surface area contributed by atoms with Crippen molar-refractivity contribution in [3.8, 4) is 0 Å². The Labute approximate surface area is 105 Å². The summed E-state index contributed by atoms with van der Waals surface area (Å²) in [5.74, 6) is 0.644. The molecule has 0 aliphatic carbocycles. The number of ether oxygens (including phenoxy) is 2. The van der Waals surface area contributed by atoms with E-state index in [0.29, 0.717) is 12.0 Å². The van der Waals surface area contributed by atoms with Crippen LogP contribution < -0.4 is 5.32 Å². The average Bonchev–Trinajstić information content (AvgIpc) is 2.53. The van der Waals surface area contributed by atoms with Crippen molar-refractivity contribution >= 4 is 0 Å². The standard InChI is InChI=1S/C13H26N2O2/c1-11(2)15(3)7-12-6-13(17-8-12)9-14-4-5-16-10-13/h11-12,14H,4-10H2,1-3H3. The number of rotatable bonds is 3. The van der Waals surface area contributed by atoms with Gasteiger partial charge in [-0.2, -0.15) is 0 Å². The van der Waals surface area contributed by atoms with Gasteiger partial charge in [0, 0.05) is 25.7 Å². The molecule has 0 bridgehead atoms. The maximum absolute atomic E-state index is 6.04. The normalized spacial score (nSPS) is 34.8. The minimum atomic E-state index is -0.0566. The van der Waals surface area contributed by atoms with Crippen molar-refractivity contribution in [1.82, 2.24) is 10.2 Å². The molecular weight excluding hydrogens is 216 g/mol. The Morgan fingerprint density at radius 2 is 2.29 bits per heavy atom. The van der Waals surface area contributed by atoms with E-state index in [-0.39, 0.29) is 5.60 Å². The Morgan fingerprint density at radius 1 is 1.47 bits per heavy atom. The Bertz CT molecular complexity index is 238. The van der Waals surface area contributed by atoms with Crippen LogP contribution in [0.4, 0.5) is 0 Å². The summed E-state index contributed by atoms with van der Waals surface area (Å²) < 4.78 is 11.7. The third-order valence-electron chi connectivity index (χ3n) is 3.95. The molecule has 2 rings (SSSR count). The lowest BCUT2D eigenvalue weighted by Crippen LogP contribution is -2.42. The van der Waals surface area contributed by atoms with Crippen molar-refractivity contribution in [2.24, 2.45) is 5.92 Å². The van der Waals surface area contributed by atoms with Crippen molar-refractivity contribution in [1.29, 1.82) is 0 Å². The highest BCUT2D eigenvalue weighted by molar-refractivity contribution is 4.93. The van der Waals surface area contributed by atoms with Gasteiger partial charge in [-0.15, -0.1) is 0 Å². The summed E-state index contributed by atoms with van der Waals surface area (Å²) in [5, 5.41) is 3.41. The first-order valence-corrected chi connectivity index (χ1v) is 6.74. The van der Waals surface area contributed by atoms with E-state index >= 15 is 0 Å². The fourth-order valence-corrected chi connectivity index (χ4v) is 2.67. The van der Waals surface area contributed by atoms with Gasteiger partial charge in [0.1, 0.15) is 5.60 Å². The summed E-state index contributed by atoms with van der Waals surface area (Å²) in [7, 11) is 2.19. The molecule has 2 unspecified atom stereocenters. The fourth-order valence-electron chi connectivity index (χ4n) is 2.67. The summed E-state index contributed by atoms with van der Waals surface area (Å²) in [6, 6.07) is 0.607. The van der Waals surface area contributed by atoms with Crippen LogP contribution in [0.15, 0.2) is 0 Å². The van der Waals surface area contributed by atoms with E-state index in [2.05, 4.69) is 31.1 Å². The Kier molecular flexibility index (Phi) is 4.42. The molecular formula is C13H26N2O2. The third kappa shape index (κ3) is 3.41. The summed E-state index contributed by atoms with van der Waals surface area (Å²) >= 11 is 0. The van der Waals surface area contributed by atoms with E-state index in [1.54, 1.807) is 0 Å². The van der Waals surface area contributed by atoms with E-state index in [9.17, 15) is 0 Å². The van der Waals surface area contributed by atoms with E-state index in [1.807, 2.05) is 0 Å².